The number of thioether (sulfide) groups is 1. The first-order valence-electron chi connectivity index (χ1n) is 6.14. The Morgan fingerprint density at radius 1 is 1.42 bits per heavy atom. The highest BCUT2D eigenvalue weighted by Crippen LogP contribution is 2.22. The lowest BCUT2D eigenvalue weighted by molar-refractivity contribution is -0.140. The van der Waals surface area contributed by atoms with Crippen molar-refractivity contribution in [3.63, 3.8) is 0 Å². The quantitative estimate of drug-likeness (QED) is 0.758. The van der Waals surface area contributed by atoms with E-state index in [0.29, 0.717) is 18.1 Å². The average Bonchev–Trinajstić information content (AvgIpc) is 2.93. The molecule has 7 nitrogen and oxygen atoms in total. The molecule has 0 saturated carbocycles. The van der Waals surface area contributed by atoms with E-state index in [2.05, 4.69) is 15.5 Å². The zero-order valence-electron chi connectivity index (χ0n) is 11.3. The van der Waals surface area contributed by atoms with Crippen LogP contribution in [0.4, 0.5) is 0 Å². The number of aromatic nitrogens is 4. The molecule has 1 saturated heterocycles. The number of likely N-dealkylation sites (tertiary alicyclic amines) is 1. The summed E-state index contributed by atoms with van der Waals surface area (Å²) in [6, 6.07) is 0. The summed E-state index contributed by atoms with van der Waals surface area (Å²) in [7, 11) is 0. The molecule has 2 amide bonds. The number of hydrogen-bond donors (Lipinski definition) is 0. The highest BCUT2D eigenvalue weighted by Gasteiger charge is 2.27. The van der Waals surface area contributed by atoms with Gasteiger partial charge in [-0.2, -0.15) is 0 Å². The predicted molar refractivity (Wildman–Crippen MR) is 69.5 cm³/mol. The summed E-state index contributed by atoms with van der Waals surface area (Å²) in [5.41, 5.74) is -0.238. The number of amides is 2. The molecule has 2 heterocycles. The van der Waals surface area contributed by atoms with Crippen molar-refractivity contribution in [3.05, 3.63) is 0 Å². The smallest absolute Gasteiger partial charge is 0.239 e. The van der Waals surface area contributed by atoms with Gasteiger partial charge in [0.15, 0.2) is 0 Å². The minimum atomic E-state index is -0.238. The van der Waals surface area contributed by atoms with Crippen molar-refractivity contribution in [3.8, 4) is 0 Å². The summed E-state index contributed by atoms with van der Waals surface area (Å²) in [5, 5.41) is 12.0. The molecular weight excluding hydrogens is 266 g/mol. The standard InChI is InChI=1S/C11H17N5O2S/c1-11(2,3)16-10(12-13-14-16)19-7-9(18)15-6-4-5-8(15)17/h4-7H2,1-3H3. The van der Waals surface area contributed by atoms with Gasteiger partial charge in [-0.1, -0.05) is 11.8 Å². The van der Waals surface area contributed by atoms with Crippen molar-refractivity contribution in [2.45, 2.75) is 44.3 Å². The van der Waals surface area contributed by atoms with Crippen LogP contribution in [0.2, 0.25) is 0 Å². The van der Waals surface area contributed by atoms with Gasteiger partial charge in [0.05, 0.1) is 11.3 Å². The molecule has 1 aliphatic heterocycles. The highest BCUT2D eigenvalue weighted by atomic mass is 32.2. The van der Waals surface area contributed by atoms with Gasteiger partial charge in [-0.15, -0.1) is 5.10 Å². The average molecular weight is 283 g/mol. The molecule has 0 radical (unpaired) electrons. The summed E-state index contributed by atoms with van der Waals surface area (Å²) in [6.45, 7) is 6.49. The zero-order chi connectivity index (χ0) is 14.0. The van der Waals surface area contributed by atoms with Gasteiger partial charge in [0.2, 0.25) is 17.0 Å². The fourth-order valence-corrected chi connectivity index (χ4v) is 2.74. The van der Waals surface area contributed by atoms with E-state index in [-0.39, 0.29) is 23.1 Å². The number of imide groups is 1. The van der Waals surface area contributed by atoms with Crippen molar-refractivity contribution >= 4 is 23.6 Å². The normalized spacial score (nSPS) is 16.2. The van der Waals surface area contributed by atoms with Crippen molar-refractivity contribution in [2.75, 3.05) is 12.3 Å². The SMILES string of the molecule is CC(C)(C)n1nnnc1SCC(=O)N1CCCC1=O. The molecule has 1 aliphatic rings. The molecule has 0 bridgehead atoms. The summed E-state index contributed by atoms with van der Waals surface area (Å²) < 4.78 is 1.68. The first-order valence-corrected chi connectivity index (χ1v) is 7.13. The number of tetrazole rings is 1. The van der Waals surface area contributed by atoms with Crippen LogP contribution in [0.25, 0.3) is 0 Å². The third-order valence-electron chi connectivity index (χ3n) is 2.78. The molecule has 19 heavy (non-hydrogen) atoms. The van der Waals surface area contributed by atoms with Crippen LogP contribution in [0.15, 0.2) is 5.16 Å². The van der Waals surface area contributed by atoms with E-state index >= 15 is 0 Å². The Labute approximate surface area is 115 Å². The molecule has 2 rings (SSSR count). The van der Waals surface area contributed by atoms with Crippen molar-refractivity contribution in [1.82, 2.24) is 25.1 Å². The third kappa shape index (κ3) is 3.12. The molecule has 8 heteroatoms. The largest absolute Gasteiger partial charge is 0.282 e. The van der Waals surface area contributed by atoms with Crippen LogP contribution in [-0.4, -0.2) is 49.2 Å². The molecule has 1 aromatic rings. The van der Waals surface area contributed by atoms with Gasteiger partial charge in [0, 0.05) is 13.0 Å². The van der Waals surface area contributed by atoms with Gasteiger partial charge in [-0.25, -0.2) is 4.68 Å². The van der Waals surface area contributed by atoms with Crippen molar-refractivity contribution in [1.29, 1.82) is 0 Å². The molecule has 0 aliphatic carbocycles. The lowest BCUT2D eigenvalue weighted by atomic mass is 10.1. The molecule has 104 valence electrons. The second kappa shape index (κ2) is 5.28. The number of nitrogens with zero attached hydrogens (tertiary/aromatic N) is 5. The highest BCUT2D eigenvalue weighted by molar-refractivity contribution is 7.99. The van der Waals surface area contributed by atoms with Gasteiger partial charge in [0.1, 0.15) is 0 Å². The minimum absolute atomic E-state index is 0.0824. The van der Waals surface area contributed by atoms with E-state index in [4.69, 9.17) is 0 Å². The van der Waals surface area contributed by atoms with Gasteiger partial charge in [-0.05, 0) is 37.6 Å². The summed E-state index contributed by atoms with van der Waals surface area (Å²) >= 11 is 1.26. The van der Waals surface area contributed by atoms with Crippen molar-refractivity contribution in [2.24, 2.45) is 0 Å². The zero-order valence-corrected chi connectivity index (χ0v) is 12.1. The predicted octanol–water partition coefficient (Wildman–Crippen LogP) is 0.669. The van der Waals surface area contributed by atoms with Crippen LogP contribution < -0.4 is 0 Å². The van der Waals surface area contributed by atoms with Crippen LogP contribution in [0, 0.1) is 0 Å². The Balaban J connectivity index is 1.98. The van der Waals surface area contributed by atoms with Crippen LogP contribution in [0.5, 0.6) is 0 Å². The monoisotopic (exact) mass is 283 g/mol. The number of rotatable bonds is 3. The van der Waals surface area contributed by atoms with E-state index in [9.17, 15) is 9.59 Å². The number of carbonyl (C=O) groups is 2. The Morgan fingerprint density at radius 3 is 2.74 bits per heavy atom. The van der Waals surface area contributed by atoms with E-state index in [1.54, 1.807) is 4.68 Å². The van der Waals surface area contributed by atoms with E-state index in [1.165, 1.54) is 16.7 Å². The summed E-state index contributed by atoms with van der Waals surface area (Å²) in [6.07, 6.45) is 1.23. The maximum absolute atomic E-state index is 11.9. The van der Waals surface area contributed by atoms with Crippen LogP contribution in [-0.2, 0) is 15.1 Å². The maximum Gasteiger partial charge on any atom is 0.239 e. The minimum Gasteiger partial charge on any atom is -0.282 e. The Bertz CT molecular complexity index is 494. The topological polar surface area (TPSA) is 81.0 Å². The second-order valence-corrected chi connectivity index (χ2v) is 6.32. The Kier molecular flexibility index (Phi) is 3.88. The molecule has 0 atom stereocenters. The maximum atomic E-state index is 11.9. The molecule has 1 aromatic heterocycles. The van der Waals surface area contributed by atoms with Gasteiger partial charge < -0.3 is 0 Å². The van der Waals surface area contributed by atoms with Gasteiger partial charge in [-0.3, -0.25) is 14.5 Å². The molecule has 0 unspecified atom stereocenters. The lowest BCUT2D eigenvalue weighted by Gasteiger charge is -2.19. The van der Waals surface area contributed by atoms with E-state index in [0.717, 1.165) is 6.42 Å². The molecule has 0 N–H and O–H groups in total. The first-order chi connectivity index (χ1) is 8.89. The first kappa shape index (κ1) is 14.0. The summed E-state index contributed by atoms with van der Waals surface area (Å²) in [5.74, 6) is -0.0701. The van der Waals surface area contributed by atoms with E-state index < -0.39 is 0 Å². The molecular formula is C11H17N5O2S. The Hall–Kier alpha value is -1.44. The van der Waals surface area contributed by atoms with E-state index in [1.807, 2.05) is 20.8 Å². The number of carbonyl (C=O) groups excluding carboxylic acids is 2. The summed E-state index contributed by atoms with van der Waals surface area (Å²) in [4.78, 5) is 24.7. The second-order valence-electron chi connectivity index (χ2n) is 5.38. The third-order valence-corrected chi connectivity index (χ3v) is 3.68. The molecule has 0 aromatic carbocycles. The fourth-order valence-electron chi connectivity index (χ4n) is 1.81. The Morgan fingerprint density at radius 2 is 2.16 bits per heavy atom. The van der Waals surface area contributed by atoms with Gasteiger partial charge in [0.25, 0.3) is 0 Å². The lowest BCUT2D eigenvalue weighted by Crippen LogP contribution is -2.33. The molecule has 1 fully saturated rings. The van der Waals surface area contributed by atoms with Crippen molar-refractivity contribution < 1.29 is 9.59 Å². The van der Waals surface area contributed by atoms with Crippen LogP contribution >= 0.6 is 11.8 Å². The fraction of sp³-hybridized carbons (Fsp3) is 0.727. The number of hydrogen-bond acceptors (Lipinski definition) is 6. The van der Waals surface area contributed by atoms with Crippen LogP contribution in [0.1, 0.15) is 33.6 Å². The molecule has 0 spiro atoms. The van der Waals surface area contributed by atoms with Crippen LogP contribution in [0.3, 0.4) is 0 Å². The van der Waals surface area contributed by atoms with Gasteiger partial charge >= 0.3 is 0 Å².